The van der Waals surface area contributed by atoms with Crippen LogP contribution < -0.4 is 0 Å². The predicted octanol–water partition coefficient (Wildman–Crippen LogP) is 2.59. The van der Waals surface area contributed by atoms with E-state index in [1.165, 1.54) is 0 Å². The molecule has 0 spiro atoms. The van der Waals surface area contributed by atoms with Crippen LogP contribution in [0, 0.1) is 0 Å². The Labute approximate surface area is 179 Å². The van der Waals surface area contributed by atoms with E-state index in [0.29, 0.717) is 18.5 Å². The van der Waals surface area contributed by atoms with E-state index >= 15 is 0 Å². The number of amides is 1. The van der Waals surface area contributed by atoms with Gasteiger partial charge in [-0.2, -0.15) is 5.10 Å². The summed E-state index contributed by atoms with van der Waals surface area (Å²) in [5.41, 5.74) is 3.36. The van der Waals surface area contributed by atoms with Gasteiger partial charge in [0.15, 0.2) is 0 Å². The van der Waals surface area contributed by atoms with Crippen LogP contribution >= 0.6 is 11.3 Å². The molecular weight excluding hydrogens is 416 g/mol. The van der Waals surface area contributed by atoms with Gasteiger partial charge >= 0.3 is 11.8 Å². The van der Waals surface area contributed by atoms with Crippen molar-refractivity contribution in [3.05, 3.63) is 65.3 Å². The molecule has 1 aromatic carbocycles. The molecule has 1 aliphatic heterocycles. The molecule has 1 amide bonds. The van der Waals surface area contributed by atoms with Gasteiger partial charge in [0.2, 0.25) is 0 Å². The number of nitrogens with zero attached hydrogens (tertiary/aromatic N) is 7. The Kier molecular flexibility index (Phi) is 3.96. The van der Waals surface area contributed by atoms with Gasteiger partial charge in [-0.15, -0.1) is 21.5 Å². The number of para-hydroxylation sites is 1. The molecule has 0 aliphatic carbocycles. The Balaban J connectivity index is 1.40. The van der Waals surface area contributed by atoms with Crippen LogP contribution in [0.5, 0.6) is 0 Å². The fraction of sp³-hybridized carbons (Fsp3) is 0.200. The third-order valence-corrected chi connectivity index (χ3v) is 6.38. The highest BCUT2D eigenvalue weighted by molar-refractivity contribution is 7.18. The minimum absolute atomic E-state index is 0.0658. The number of aryl methyl sites for hydroxylation is 1. The molecule has 0 radical (unpaired) electrons. The van der Waals surface area contributed by atoms with Gasteiger partial charge in [0, 0.05) is 31.9 Å². The summed E-state index contributed by atoms with van der Waals surface area (Å²) in [6, 6.07) is 7.50. The predicted molar refractivity (Wildman–Crippen MR) is 111 cm³/mol. The van der Waals surface area contributed by atoms with E-state index in [1.807, 2.05) is 24.3 Å². The number of carbonyl (C=O) groups is 1. The molecule has 5 aromatic rings. The molecular formula is C20H16N8O2S. The monoisotopic (exact) mass is 432 g/mol. The van der Waals surface area contributed by atoms with Crippen LogP contribution in [-0.2, 0) is 13.5 Å². The molecule has 4 aromatic heterocycles. The number of aromatic amines is 1. The van der Waals surface area contributed by atoms with Crippen molar-refractivity contribution in [1.29, 1.82) is 0 Å². The van der Waals surface area contributed by atoms with Crippen molar-refractivity contribution in [2.45, 2.75) is 12.5 Å². The number of thiazole rings is 1. The van der Waals surface area contributed by atoms with E-state index in [9.17, 15) is 4.79 Å². The first-order valence-corrected chi connectivity index (χ1v) is 10.5. The first kappa shape index (κ1) is 18.0. The fourth-order valence-corrected chi connectivity index (χ4v) is 4.92. The number of imidazole rings is 1. The number of benzene rings is 1. The van der Waals surface area contributed by atoms with E-state index in [4.69, 9.17) is 9.40 Å². The zero-order valence-electron chi connectivity index (χ0n) is 16.4. The van der Waals surface area contributed by atoms with Gasteiger partial charge in [0.1, 0.15) is 11.0 Å². The summed E-state index contributed by atoms with van der Waals surface area (Å²) in [5.74, 6) is -0.157. The first-order chi connectivity index (χ1) is 15.2. The van der Waals surface area contributed by atoms with Gasteiger partial charge in [0.25, 0.3) is 5.89 Å². The zero-order chi connectivity index (χ0) is 20.9. The Morgan fingerprint density at radius 2 is 2.19 bits per heavy atom. The number of fused-ring (bicyclic) bond motifs is 2. The van der Waals surface area contributed by atoms with Crippen LogP contribution in [0.15, 0.2) is 47.4 Å². The van der Waals surface area contributed by atoms with Gasteiger partial charge in [0.05, 0.1) is 34.0 Å². The number of nitrogens with one attached hydrogen (secondary N) is 1. The topological polar surface area (TPSA) is 119 Å². The minimum atomic E-state index is -0.423. The largest absolute Gasteiger partial charge is 0.412 e. The van der Waals surface area contributed by atoms with E-state index in [-0.39, 0.29) is 17.7 Å². The molecule has 1 aliphatic rings. The quantitative estimate of drug-likeness (QED) is 0.465. The maximum Gasteiger partial charge on any atom is 0.312 e. The zero-order valence-corrected chi connectivity index (χ0v) is 17.2. The summed E-state index contributed by atoms with van der Waals surface area (Å²) in [6.45, 7) is 0.485. The Morgan fingerprint density at radius 1 is 1.29 bits per heavy atom. The lowest BCUT2D eigenvalue weighted by atomic mass is 10.0. The lowest BCUT2D eigenvalue weighted by Crippen LogP contribution is -2.40. The molecule has 0 saturated carbocycles. The third-order valence-electron chi connectivity index (χ3n) is 5.29. The second-order valence-corrected chi connectivity index (χ2v) is 8.31. The Hall–Kier alpha value is -3.86. The van der Waals surface area contributed by atoms with Crippen molar-refractivity contribution in [3.8, 4) is 11.5 Å². The highest BCUT2D eigenvalue weighted by Crippen LogP contribution is 2.38. The molecule has 1 N–H and O–H groups in total. The summed E-state index contributed by atoms with van der Waals surface area (Å²) < 4.78 is 8.39. The van der Waals surface area contributed by atoms with E-state index in [0.717, 1.165) is 26.6 Å². The van der Waals surface area contributed by atoms with Gasteiger partial charge < -0.3 is 14.3 Å². The summed E-state index contributed by atoms with van der Waals surface area (Å²) in [4.78, 5) is 27.6. The Bertz CT molecular complexity index is 1380. The lowest BCUT2D eigenvalue weighted by Gasteiger charge is -2.32. The maximum absolute atomic E-state index is 13.4. The molecule has 5 heterocycles. The summed E-state index contributed by atoms with van der Waals surface area (Å²) >= 11 is 1.56. The number of hydrogen-bond acceptors (Lipinski definition) is 8. The second-order valence-electron chi connectivity index (χ2n) is 7.25. The van der Waals surface area contributed by atoms with Crippen molar-refractivity contribution in [3.63, 3.8) is 0 Å². The molecule has 10 nitrogen and oxygen atoms in total. The molecule has 0 saturated heterocycles. The number of hydrogen-bond donors (Lipinski definition) is 1. The highest BCUT2D eigenvalue weighted by Gasteiger charge is 2.38. The van der Waals surface area contributed by atoms with Gasteiger partial charge in [-0.25, -0.2) is 9.97 Å². The molecule has 0 bridgehead atoms. The number of H-pyrrole nitrogens is 1. The van der Waals surface area contributed by atoms with Crippen LogP contribution in [0.25, 0.3) is 21.7 Å². The highest BCUT2D eigenvalue weighted by atomic mass is 32.1. The third kappa shape index (κ3) is 2.93. The standard InChI is InChI=1S/C20H16N8O2S/c1-27-9-11(8-23-27)17-25-26-18(30-17)20(29)28-7-6-13-15(22-10-21-13)16(28)19-24-12-4-2-3-5-14(12)31-19/h2-5,8-10,16H,6-7H2,1H3,(H,21,22)/t16-/m0/s1. The first-order valence-electron chi connectivity index (χ1n) is 9.68. The summed E-state index contributed by atoms with van der Waals surface area (Å²) in [6.07, 6.45) is 5.68. The van der Waals surface area contributed by atoms with E-state index in [1.54, 1.807) is 46.7 Å². The lowest BCUT2D eigenvalue weighted by molar-refractivity contribution is 0.0650. The van der Waals surface area contributed by atoms with Crippen LogP contribution in [0.4, 0.5) is 0 Å². The van der Waals surface area contributed by atoms with Gasteiger partial charge in [-0.3, -0.25) is 9.48 Å². The van der Waals surface area contributed by atoms with Gasteiger partial charge in [-0.1, -0.05) is 12.1 Å². The van der Waals surface area contributed by atoms with Crippen molar-refractivity contribution >= 4 is 27.5 Å². The number of rotatable bonds is 3. The fourth-order valence-electron chi connectivity index (χ4n) is 3.83. The van der Waals surface area contributed by atoms with Crippen molar-refractivity contribution in [2.75, 3.05) is 6.54 Å². The second kappa shape index (κ2) is 6.84. The summed E-state index contributed by atoms with van der Waals surface area (Å²) in [5, 5.41) is 12.9. The van der Waals surface area contributed by atoms with E-state index < -0.39 is 6.04 Å². The number of carbonyl (C=O) groups excluding carboxylic acids is 1. The molecule has 0 fully saturated rings. The molecule has 31 heavy (non-hydrogen) atoms. The van der Waals surface area contributed by atoms with Gasteiger partial charge in [-0.05, 0) is 12.1 Å². The minimum Gasteiger partial charge on any atom is -0.412 e. The maximum atomic E-state index is 13.4. The molecule has 1 atom stereocenters. The van der Waals surface area contributed by atoms with Crippen molar-refractivity contribution in [1.82, 2.24) is 39.8 Å². The molecule has 11 heteroatoms. The summed E-state index contributed by atoms with van der Waals surface area (Å²) in [7, 11) is 1.80. The van der Waals surface area contributed by atoms with Crippen molar-refractivity contribution in [2.24, 2.45) is 7.05 Å². The molecule has 6 rings (SSSR count). The van der Waals surface area contributed by atoms with Crippen LogP contribution in [0.2, 0.25) is 0 Å². The van der Waals surface area contributed by atoms with Crippen molar-refractivity contribution < 1.29 is 9.21 Å². The van der Waals surface area contributed by atoms with Crippen LogP contribution in [0.3, 0.4) is 0 Å². The molecule has 154 valence electrons. The Morgan fingerprint density at radius 3 is 3.03 bits per heavy atom. The SMILES string of the molecule is Cn1cc(-c2nnc(C(=O)N3CCc4[nH]cnc4[C@H]3c3nc4ccccc4s3)o2)cn1. The number of aromatic nitrogens is 7. The normalized spacial score (nSPS) is 16.0. The molecule has 0 unspecified atom stereocenters. The van der Waals surface area contributed by atoms with Crippen LogP contribution in [0.1, 0.15) is 33.1 Å². The smallest absolute Gasteiger partial charge is 0.312 e. The average molecular weight is 432 g/mol. The van der Waals surface area contributed by atoms with Crippen LogP contribution in [-0.4, -0.2) is 52.3 Å². The van der Waals surface area contributed by atoms with E-state index in [2.05, 4.69) is 25.3 Å². The average Bonchev–Trinajstić information content (AvgIpc) is 3.57.